The molecule has 0 amide bonds. The van der Waals surface area contributed by atoms with Crippen LogP contribution in [0.1, 0.15) is 19.4 Å². The van der Waals surface area contributed by atoms with Gasteiger partial charge in [-0.3, -0.25) is 0 Å². The lowest BCUT2D eigenvalue weighted by atomic mass is 9.81. The fourth-order valence-corrected chi connectivity index (χ4v) is 2.54. The average molecular weight is 264 g/mol. The highest BCUT2D eigenvalue weighted by atomic mass is 16.5. The minimum Gasteiger partial charge on any atom is -0.383 e. The van der Waals surface area contributed by atoms with Gasteiger partial charge in [-0.1, -0.05) is 44.2 Å². The van der Waals surface area contributed by atoms with Crippen LogP contribution >= 0.6 is 0 Å². The van der Waals surface area contributed by atoms with Gasteiger partial charge in [-0.2, -0.15) is 0 Å². The van der Waals surface area contributed by atoms with Crippen LogP contribution in [-0.4, -0.2) is 51.8 Å². The lowest BCUT2D eigenvalue weighted by molar-refractivity contribution is 0.135. The molecule has 0 aliphatic carbocycles. The van der Waals surface area contributed by atoms with E-state index >= 15 is 0 Å². The second-order valence-corrected chi connectivity index (χ2v) is 5.32. The summed E-state index contributed by atoms with van der Waals surface area (Å²) < 4.78 is 5.20. The normalized spacial score (nSPS) is 14.6. The molecule has 1 atom stereocenters. The number of nitrogens with zero attached hydrogens (tertiary/aromatic N) is 1. The molecule has 0 aromatic heterocycles. The molecule has 0 radical (unpaired) electrons. The highest BCUT2D eigenvalue weighted by molar-refractivity contribution is 5.25. The number of hydrogen-bond acceptors (Lipinski definition) is 3. The van der Waals surface area contributed by atoms with E-state index < -0.39 is 0 Å². The van der Waals surface area contributed by atoms with Crippen molar-refractivity contribution in [3.8, 4) is 0 Å². The summed E-state index contributed by atoms with van der Waals surface area (Å²) in [6.45, 7) is 9.37. The van der Waals surface area contributed by atoms with E-state index in [2.05, 4.69) is 54.4 Å². The lowest BCUT2D eigenvalue weighted by Crippen LogP contribution is -2.45. The van der Waals surface area contributed by atoms with Crippen LogP contribution in [0.15, 0.2) is 30.3 Å². The molecule has 1 N–H and O–H groups in total. The van der Waals surface area contributed by atoms with Crippen LogP contribution in [0.3, 0.4) is 0 Å². The maximum atomic E-state index is 5.20. The van der Waals surface area contributed by atoms with Crippen molar-refractivity contribution in [1.29, 1.82) is 0 Å². The Morgan fingerprint density at radius 1 is 1.26 bits per heavy atom. The molecule has 0 bridgehead atoms. The molecule has 108 valence electrons. The van der Waals surface area contributed by atoms with Gasteiger partial charge >= 0.3 is 0 Å². The molecule has 0 fully saturated rings. The van der Waals surface area contributed by atoms with Crippen LogP contribution in [0.25, 0.3) is 0 Å². The Bertz CT molecular complexity index is 342. The number of hydrogen-bond donors (Lipinski definition) is 1. The Kier molecular flexibility index (Phi) is 7.06. The fourth-order valence-electron chi connectivity index (χ4n) is 2.54. The smallest absolute Gasteiger partial charge is 0.0589 e. The average Bonchev–Trinajstić information content (AvgIpc) is 2.44. The molecule has 1 aromatic rings. The first kappa shape index (κ1) is 16.2. The number of benzene rings is 1. The second-order valence-electron chi connectivity index (χ2n) is 5.32. The van der Waals surface area contributed by atoms with Gasteiger partial charge in [-0.15, -0.1) is 0 Å². The molecular weight excluding hydrogens is 236 g/mol. The molecular formula is C16H28N2O. The van der Waals surface area contributed by atoms with Crippen LogP contribution in [0.2, 0.25) is 0 Å². The van der Waals surface area contributed by atoms with Gasteiger partial charge in [-0.05, 0) is 19.2 Å². The third kappa shape index (κ3) is 4.94. The van der Waals surface area contributed by atoms with Crippen molar-refractivity contribution in [3.05, 3.63) is 35.9 Å². The minimum absolute atomic E-state index is 0.125. The van der Waals surface area contributed by atoms with Gasteiger partial charge in [0.2, 0.25) is 0 Å². The molecule has 1 rings (SSSR count). The summed E-state index contributed by atoms with van der Waals surface area (Å²) >= 11 is 0. The Morgan fingerprint density at radius 2 is 1.95 bits per heavy atom. The van der Waals surface area contributed by atoms with E-state index in [9.17, 15) is 0 Å². The third-order valence-electron chi connectivity index (χ3n) is 3.67. The molecule has 19 heavy (non-hydrogen) atoms. The van der Waals surface area contributed by atoms with Crippen molar-refractivity contribution < 1.29 is 4.74 Å². The number of rotatable bonds is 9. The van der Waals surface area contributed by atoms with Crippen LogP contribution in [-0.2, 0) is 10.2 Å². The van der Waals surface area contributed by atoms with E-state index in [4.69, 9.17) is 4.74 Å². The van der Waals surface area contributed by atoms with E-state index in [0.29, 0.717) is 0 Å². The molecule has 0 aliphatic rings. The van der Waals surface area contributed by atoms with E-state index in [0.717, 1.165) is 32.8 Å². The Labute approximate surface area is 118 Å². The highest BCUT2D eigenvalue weighted by Crippen LogP contribution is 2.24. The van der Waals surface area contributed by atoms with E-state index in [1.165, 1.54) is 5.56 Å². The maximum absolute atomic E-state index is 5.20. The minimum atomic E-state index is 0.125. The van der Waals surface area contributed by atoms with E-state index in [1.807, 2.05) is 7.05 Å². The summed E-state index contributed by atoms with van der Waals surface area (Å²) in [5.74, 6) is 0. The van der Waals surface area contributed by atoms with Gasteiger partial charge in [0.25, 0.3) is 0 Å². The Hall–Kier alpha value is -0.900. The van der Waals surface area contributed by atoms with Crippen LogP contribution in [0.5, 0.6) is 0 Å². The van der Waals surface area contributed by atoms with Crippen molar-refractivity contribution in [1.82, 2.24) is 10.2 Å². The zero-order valence-electron chi connectivity index (χ0n) is 12.8. The van der Waals surface area contributed by atoms with E-state index in [-0.39, 0.29) is 5.41 Å². The third-order valence-corrected chi connectivity index (χ3v) is 3.67. The van der Waals surface area contributed by atoms with Crippen molar-refractivity contribution in [2.45, 2.75) is 19.3 Å². The molecule has 0 heterocycles. The number of ether oxygens (including phenoxy) is 1. The summed E-state index contributed by atoms with van der Waals surface area (Å²) in [6.07, 6.45) is 0. The summed E-state index contributed by atoms with van der Waals surface area (Å²) in [6, 6.07) is 10.8. The first-order chi connectivity index (χ1) is 9.16. The topological polar surface area (TPSA) is 24.5 Å². The highest BCUT2D eigenvalue weighted by Gasteiger charge is 2.27. The maximum Gasteiger partial charge on any atom is 0.0589 e. The molecule has 0 saturated heterocycles. The van der Waals surface area contributed by atoms with Gasteiger partial charge in [0, 0.05) is 32.2 Å². The molecule has 3 nitrogen and oxygen atoms in total. The molecule has 3 heteroatoms. The van der Waals surface area contributed by atoms with Gasteiger partial charge < -0.3 is 15.0 Å². The monoisotopic (exact) mass is 264 g/mol. The number of likely N-dealkylation sites (N-methyl/N-ethyl adjacent to an activating group) is 2. The van der Waals surface area contributed by atoms with Gasteiger partial charge in [0.15, 0.2) is 0 Å². The SMILES string of the molecule is CCN(CCOC)CC(C)(CNC)c1ccccc1. The lowest BCUT2D eigenvalue weighted by Gasteiger charge is -2.35. The second kappa shape index (κ2) is 8.31. The Balaban J connectivity index is 2.80. The van der Waals surface area contributed by atoms with Crippen molar-refractivity contribution in [2.24, 2.45) is 0 Å². The summed E-state index contributed by atoms with van der Waals surface area (Å²) in [7, 11) is 3.78. The number of methoxy groups -OCH3 is 1. The first-order valence-corrected chi connectivity index (χ1v) is 7.07. The van der Waals surface area contributed by atoms with Gasteiger partial charge in [0.1, 0.15) is 0 Å². The molecule has 0 saturated carbocycles. The predicted octanol–water partition coefficient (Wildman–Crippen LogP) is 2.13. The summed E-state index contributed by atoms with van der Waals surface area (Å²) in [4.78, 5) is 2.45. The zero-order valence-corrected chi connectivity index (χ0v) is 12.8. The van der Waals surface area contributed by atoms with Crippen LogP contribution in [0.4, 0.5) is 0 Å². The quantitative estimate of drug-likeness (QED) is 0.739. The molecule has 0 aliphatic heterocycles. The predicted molar refractivity (Wildman–Crippen MR) is 81.7 cm³/mol. The van der Waals surface area contributed by atoms with Crippen LogP contribution < -0.4 is 5.32 Å². The van der Waals surface area contributed by atoms with Crippen LogP contribution in [0, 0.1) is 0 Å². The van der Waals surface area contributed by atoms with Crippen molar-refractivity contribution in [3.63, 3.8) is 0 Å². The Morgan fingerprint density at radius 3 is 2.47 bits per heavy atom. The zero-order chi connectivity index (χ0) is 14.1. The molecule has 1 unspecified atom stereocenters. The summed E-state index contributed by atoms with van der Waals surface area (Å²) in [5, 5.41) is 3.33. The largest absolute Gasteiger partial charge is 0.383 e. The first-order valence-electron chi connectivity index (χ1n) is 7.07. The van der Waals surface area contributed by atoms with Crippen molar-refractivity contribution in [2.75, 3.05) is 46.9 Å². The van der Waals surface area contributed by atoms with E-state index in [1.54, 1.807) is 7.11 Å². The summed E-state index contributed by atoms with van der Waals surface area (Å²) in [5.41, 5.74) is 1.51. The fraction of sp³-hybridized carbons (Fsp3) is 0.625. The number of nitrogens with one attached hydrogen (secondary N) is 1. The standard InChI is InChI=1S/C16H28N2O/c1-5-18(11-12-19-4)14-16(2,13-17-3)15-9-7-6-8-10-15/h6-10,17H,5,11-14H2,1-4H3. The van der Waals surface area contributed by atoms with Gasteiger partial charge in [0.05, 0.1) is 6.61 Å². The molecule has 1 aromatic carbocycles. The molecule has 0 spiro atoms. The van der Waals surface area contributed by atoms with Gasteiger partial charge in [-0.25, -0.2) is 0 Å². The van der Waals surface area contributed by atoms with Crippen molar-refractivity contribution >= 4 is 0 Å².